The first kappa shape index (κ1) is 12.6. The Balaban J connectivity index is 2.30. The molecule has 19 heavy (non-hydrogen) atoms. The molecule has 2 aromatic heterocycles. The van der Waals surface area contributed by atoms with Crippen LogP contribution in [0.4, 0.5) is 5.95 Å². The molecule has 0 aliphatic rings. The summed E-state index contributed by atoms with van der Waals surface area (Å²) in [6.07, 6.45) is 1.81. The number of hydrogen-bond acceptors (Lipinski definition) is 4. The van der Waals surface area contributed by atoms with Crippen LogP contribution in [-0.2, 0) is 5.54 Å². The molecule has 98 valence electrons. The summed E-state index contributed by atoms with van der Waals surface area (Å²) in [6.45, 7) is 4.20. The maximum atomic E-state index is 6.11. The number of nitrogens with two attached hydrogens (primary N) is 1. The molecule has 6 heteroatoms. The van der Waals surface area contributed by atoms with Gasteiger partial charge in [-0.3, -0.25) is 4.57 Å². The van der Waals surface area contributed by atoms with E-state index in [4.69, 9.17) is 5.73 Å². The van der Waals surface area contributed by atoms with Crippen LogP contribution in [-0.4, -0.2) is 14.5 Å². The SMILES string of the molecule is CC(C)(c1nccs1)n1c(N)nc2ccc(Br)cc21. The number of aromatic nitrogens is 3. The molecule has 1 aromatic carbocycles. The fraction of sp³-hybridized carbons (Fsp3) is 0.231. The first-order valence-corrected chi connectivity index (χ1v) is 7.51. The highest BCUT2D eigenvalue weighted by Gasteiger charge is 2.29. The Kier molecular flexibility index (Phi) is 2.87. The number of rotatable bonds is 2. The van der Waals surface area contributed by atoms with Crippen LogP contribution in [0.1, 0.15) is 18.9 Å². The molecular formula is C13H13BrN4S. The third-order valence-corrected chi connectivity index (χ3v) is 4.74. The number of nitrogen functional groups attached to an aromatic ring is 1. The second-order valence-corrected chi connectivity index (χ2v) is 6.64. The van der Waals surface area contributed by atoms with Gasteiger partial charge < -0.3 is 5.73 Å². The van der Waals surface area contributed by atoms with E-state index in [1.54, 1.807) is 11.3 Å². The lowest BCUT2D eigenvalue weighted by molar-refractivity contribution is 0.452. The van der Waals surface area contributed by atoms with Crippen molar-refractivity contribution in [1.82, 2.24) is 14.5 Å². The summed E-state index contributed by atoms with van der Waals surface area (Å²) < 4.78 is 3.04. The summed E-state index contributed by atoms with van der Waals surface area (Å²) in [6, 6.07) is 5.97. The highest BCUT2D eigenvalue weighted by molar-refractivity contribution is 9.10. The Hall–Kier alpha value is -1.40. The number of anilines is 1. The van der Waals surface area contributed by atoms with Gasteiger partial charge in [0.15, 0.2) is 0 Å². The summed E-state index contributed by atoms with van der Waals surface area (Å²) in [5, 5.41) is 2.99. The summed E-state index contributed by atoms with van der Waals surface area (Å²) in [5.41, 5.74) is 7.68. The average Bonchev–Trinajstić information content (AvgIpc) is 2.95. The molecule has 3 rings (SSSR count). The van der Waals surface area contributed by atoms with Crippen molar-refractivity contribution in [1.29, 1.82) is 0 Å². The van der Waals surface area contributed by atoms with E-state index in [-0.39, 0.29) is 5.54 Å². The third kappa shape index (κ3) is 1.95. The second-order valence-electron chi connectivity index (χ2n) is 4.83. The number of thiazole rings is 1. The minimum absolute atomic E-state index is 0.326. The number of halogens is 1. The van der Waals surface area contributed by atoms with Crippen molar-refractivity contribution in [2.24, 2.45) is 0 Å². The molecule has 0 radical (unpaired) electrons. The van der Waals surface area contributed by atoms with E-state index in [1.807, 2.05) is 34.3 Å². The van der Waals surface area contributed by atoms with E-state index in [0.717, 1.165) is 20.5 Å². The van der Waals surface area contributed by atoms with Crippen LogP contribution >= 0.6 is 27.3 Å². The predicted molar refractivity (Wildman–Crippen MR) is 82.4 cm³/mol. The summed E-state index contributed by atoms with van der Waals surface area (Å²) in [4.78, 5) is 8.84. The van der Waals surface area contributed by atoms with Crippen molar-refractivity contribution in [3.63, 3.8) is 0 Å². The zero-order valence-electron chi connectivity index (χ0n) is 10.6. The lowest BCUT2D eigenvalue weighted by Gasteiger charge is -2.26. The minimum atomic E-state index is -0.326. The van der Waals surface area contributed by atoms with Gasteiger partial charge in [0.2, 0.25) is 5.95 Å². The van der Waals surface area contributed by atoms with Crippen molar-refractivity contribution < 1.29 is 0 Å². The monoisotopic (exact) mass is 336 g/mol. The van der Waals surface area contributed by atoms with Crippen molar-refractivity contribution in [2.45, 2.75) is 19.4 Å². The van der Waals surface area contributed by atoms with Gasteiger partial charge in [0, 0.05) is 16.0 Å². The molecule has 0 atom stereocenters. The van der Waals surface area contributed by atoms with Gasteiger partial charge in [0.25, 0.3) is 0 Å². The molecule has 0 saturated carbocycles. The Morgan fingerprint density at radius 3 is 2.84 bits per heavy atom. The van der Waals surface area contributed by atoms with Gasteiger partial charge in [-0.2, -0.15) is 0 Å². The van der Waals surface area contributed by atoms with Gasteiger partial charge in [-0.15, -0.1) is 11.3 Å². The fourth-order valence-electron chi connectivity index (χ4n) is 2.28. The summed E-state index contributed by atoms with van der Waals surface area (Å²) >= 11 is 5.12. The normalized spacial score (nSPS) is 12.2. The zero-order chi connectivity index (χ0) is 13.6. The minimum Gasteiger partial charge on any atom is -0.369 e. The lowest BCUT2D eigenvalue weighted by atomic mass is 10.1. The Morgan fingerprint density at radius 2 is 2.16 bits per heavy atom. The molecule has 2 N–H and O–H groups in total. The van der Waals surface area contributed by atoms with E-state index in [1.165, 1.54) is 0 Å². The van der Waals surface area contributed by atoms with Gasteiger partial charge in [-0.1, -0.05) is 15.9 Å². The molecule has 0 amide bonds. The number of benzene rings is 1. The number of imidazole rings is 1. The molecule has 0 bridgehead atoms. The van der Waals surface area contributed by atoms with E-state index in [9.17, 15) is 0 Å². The topological polar surface area (TPSA) is 56.7 Å². The predicted octanol–water partition coefficient (Wildman–Crippen LogP) is 3.62. The van der Waals surface area contributed by atoms with Crippen LogP contribution in [0.3, 0.4) is 0 Å². The number of fused-ring (bicyclic) bond motifs is 1. The van der Waals surface area contributed by atoms with Crippen LogP contribution in [0.15, 0.2) is 34.2 Å². The van der Waals surface area contributed by atoms with Gasteiger partial charge in [-0.05, 0) is 32.0 Å². The zero-order valence-corrected chi connectivity index (χ0v) is 13.0. The second kappa shape index (κ2) is 4.31. The van der Waals surface area contributed by atoms with E-state index < -0.39 is 0 Å². The smallest absolute Gasteiger partial charge is 0.202 e. The quantitative estimate of drug-likeness (QED) is 0.777. The highest BCUT2D eigenvalue weighted by Crippen LogP contribution is 2.34. The third-order valence-electron chi connectivity index (χ3n) is 3.16. The summed E-state index contributed by atoms with van der Waals surface area (Å²) in [5.74, 6) is 0.508. The van der Waals surface area contributed by atoms with Crippen LogP contribution in [0, 0.1) is 0 Å². The van der Waals surface area contributed by atoms with E-state index >= 15 is 0 Å². The average molecular weight is 337 g/mol. The first-order valence-electron chi connectivity index (χ1n) is 5.84. The van der Waals surface area contributed by atoms with Crippen LogP contribution in [0.2, 0.25) is 0 Å². The van der Waals surface area contributed by atoms with E-state index in [0.29, 0.717) is 5.95 Å². The molecule has 0 fully saturated rings. The van der Waals surface area contributed by atoms with Crippen molar-refractivity contribution in [3.8, 4) is 0 Å². The molecule has 2 heterocycles. The van der Waals surface area contributed by atoms with E-state index in [2.05, 4.69) is 39.7 Å². The molecule has 0 saturated heterocycles. The van der Waals surface area contributed by atoms with Crippen LogP contribution in [0.5, 0.6) is 0 Å². The molecule has 3 aromatic rings. The number of hydrogen-bond donors (Lipinski definition) is 1. The standard InChI is InChI=1S/C13H13BrN4S/c1-13(2,11-16-5-6-19-11)18-10-7-8(14)3-4-9(10)17-12(18)15/h3-7H,1-2H3,(H2,15,17). The lowest BCUT2D eigenvalue weighted by Crippen LogP contribution is -2.28. The van der Waals surface area contributed by atoms with Gasteiger partial charge >= 0.3 is 0 Å². The first-order chi connectivity index (χ1) is 9.00. The summed E-state index contributed by atoms with van der Waals surface area (Å²) in [7, 11) is 0. The van der Waals surface area contributed by atoms with Crippen molar-refractivity contribution in [3.05, 3.63) is 39.3 Å². The van der Waals surface area contributed by atoms with Crippen molar-refractivity contribution in [2.75, 3.05) is 5.73 Å². The fourth-order valence-corrected chi connectivity index (χ4v) is 3.38. The number of nitrogens with zero attached hydrogens (tertiary/aromatic N) is 3. The maximum Gasteiger partial charge on any atom is 0.202 e. The maximum absolute atomic E-state index is 6.11. The molecule has 0 spiro atoms. The Labute approximate surface area is 123 Å². The van der Waals surface area contributed by atoms with Gasteiger partial charge in [-0.25, -0.2) is 9.97 Å². The van der Waals surface area contributed by atoms with Gasteiger partial charge in [0.1, 0.15) is 5.01 Å². The molecule has 4 nitrogen and oxygen atoms in total. The molecule has 0 unspecified atom stereocenters. The van der Waals surface area contributed by atoms with Crippen LogP contribution < -0.4 is 5.73 Å². The molecule has 0 aliphatic carbocycles. The van der Waals surface area contributed by atoms with Crippen LogP contribution in [0.25, 0.3) is 11.0 Å². The Morgan fingerprint density at radius 1 is 1.37 bits per heavy atom. The highest BCUT2D eigenvalue weighted by atomic mass is 79.9. The molecule has 0 aliphatic heterocycles. The molecular weight excluding hydrogens is 324 g/mol. The Bertz CT molecular complexity index is 731. The van der Waals surface area contributed by atoms with Crippen molar-refractivity contribution >= 4 is 44.2 Å². The van der Waals surface area contributed by atoms with Gasteiger partial charge in [0.05, 0.1) is 16.6 Å². The largest absolute Gasteiger partial charge is 0.369 e.